The third-order valence-electron chi connectivity index (χ3n) is 4.03. The topological polar surface area (TPSA) is 36.9 Å². The van der Waals surface area contributed by atoms with Crippen molar-refractivity contribution in [2.24, 2.45) is 5.92 Å². The minimum absolute atomic E-state index is 0.323. The van der Waals surface area contributed by atoms with Crippen molar-refractivity contribution in [2.45, 2.75) is 46.0 Å². The Labute approximate surface area is 152 Å². The highest BCUT2D eigenvalue weighted by molar-refractivity contribution is 5.56. The van der Waals surface area contributed by atoms with Gasteiger partial charge in [0.2, 0.25) is 6.79 Å². The summed E-state index contributed by atoms with van der Waals surface area (Å²) in [5.41, 5.74) is 1.14. The van der Waals surface area contributed by atoms with E-state index < -0.39 is 0 Å². The van der Waals surface area contributed by atoms with Crippen LogP contribution in [0, 0.1) is 5.92 Å². The molecule has 0 saturated carbocycles. The van der Waals surface area contributed by atoms with Crippen molar-refractivity contribution < 1.29 is 18.9 Å². The minimum Gasteiger partial charge on any atom is -0.454 e. The quantitative estimate of drug-likeness (QED) is 0.467. The standard InChI is InChI=1S/C21H32O4/c1-18(2)11-15-23-14-7-6-13-22-12-5-3-4-8-19-9-10-20-21(16-19)25-17-24-20/h4,8-10,16,18H,3,5-7,11-15,17H2,1-2H3. The van der Waals surface area contributed by atoms with E-state index in [1.165, 1.54) is 0 Å². The van der Waals surface area contributed by atoms with Gasteiger partial charge in [-0.3, -0.25) is 0 Å². The van der Waals surface area contributed by atoms with E-state index in [2.05, 4.69) is 26.0 Å². The molecule has 4 heteroatoms. The van der Waals surface area contributed by atoms with Crippen molar-refractivity contribution >= 4 is 6.08 Å². The molecular formula is C21H32O4. The fourth-order valence-corrected chi connectivity index (χ4v) is 2.47. The van der Waals surface area contributed by atoms with Gasteiger partial charge in [0.15, 0.2) is 11.5 Å². The van der Waals surface area contributed by atoms with Crippen LogP contribution in [0.4, 0.5) is 0 Å². The summed E-state index contributed by atoms with van der Waals surface area (Å²) >= 11 is 0. The minimum atomic E-state index is 0.323. The van der Waals surface area contributed by atoms with Crippen molar-refractivity contribution in [2.75, 3.05) is 33.2 Å². The van der Waals surface area contributed by atoms with Crippen molar-refractivity contribution in [3.63, 3.8) is 0 Å². The highest BCUT2D eigenvalue weighted by Gasteiger charge is 2.11. The number of rotatable bonds is 13. The maximum Gasteiger partial charge on any atom is 0.231 e. The van der Waals surface area contributed by atoms with Gasteiger partial charge >= 0.3 is 0 Å². The largest absolute Gasteiger partial charge is 0.454 e. The number of allylic oxidation sites excluding steroid dienone is 1. The smallest absolute Gasteiger partial charge is 0.231 e. The van der Waals surface area contributed by atoms with E-state index >= 15 is 0 Å². The molecule has 0 unspecified atom stereocenters. The number of fused-ring (bicyclic) bond motifs is 1. The fraction of sp³-hybridized carbons (Fsp3) is 0.619. The molecule has 4 nitrogen and oxygen atoms in total. The lowest BCUT2D eigenvalue weighted by Gasteiger charge is -2.06. The Morgan fingerprint density at radius 3 is 2.48 bits per heavy atom. The number of hydrogen-bond acceptors (Lipinski definition) is 4. The molecule has 0 amide bonds. The Kier molecular flexibility index (Phi) is 9.45. The lowest BCUT2D eigenvalue weighted by Crippen LogP contribution is -2.02. The molecule has 0 aromatic heterocycles. The Bertz CT molecular complexity index is 511. The Morgan fingerprint density at radius 2 is 1.68 bits per heavy atom. The first-order chi connectivity index (χ1) is 12.3. The van der Waals surface area contributed by atoms with Crippen LogP contribution in [-0.2, 0) is 9.47 Å². The molecule has 140 valence electrons. The van der Waals surface area contributed by atoms with Crippen molar-refractivity contribution in [3.05, 3.63) is 29.8 Å². The van der Waals surface area contributed by atoms with Crippen LogP contribution in [0.3, 0.4) is 0 Å². The summed E-state index contributed by atoms with van der Waals surface area (Å²) in [4.78, 5) is 0. The third-order valence-corrected chi connectivity index (χ3v) is 4.03. The molecule has 25 heavy (non-hydrogen) atoms. The molecule has 1 aromatic carbocycles. The van der Waals surface area contributed by atoms with E-state index in [1.807, 2.05) is 18.2 Å². The van der Waals surface area contributed by atoms with Crippen molar-refractivity contribution in [1.82, 2.24) is 0 Å². The van der Waals surface area contributed by atoms with Crippen LogP contribution in [0.1, 0.15) is 51.5 Å². The van der Waals surface area contributed by atoms with Gasteiger partial charge in [0.25, 0.3) is 0 Å². The van der Waals surface area contributed by atoms with Crippen LogP contribution in [0.2, 0.25) is 0 Å². The zero-order valence-corrected chi connectivity index (χ0v) is 15.7. The van der Waals surface area contributed by atoms with Gasteiger partial charge in [-0.25, -0.2) is 0 Å². The molecule has 0 bridgehead atoms. The lowest BCUT2D eigenvalue weighted by atomic mass is 10.1. The first kappa shape index (κ1) is 19.8. The first-order valence-corrected chi connectivity index (χ1v) is 9.47. The second-order valence-corrected chi connectivity index (χ2v) is 6.77. The monoisotopic (exact) mass is 348 g/mol. The molecular weight excluding hydrogens is 316 g/mol. The maximum atomic E-state index is 5.67. The van der Waals surface area contributed by atoms with Crippen LogP contribution < -0.4 is 9.47 Å². The predicted octanol–water partition coefficient (Wildman–Crippen LogP) is 5.07. The zero-order valence-electron chi connectivity index (χ0n) is 15.7. The predicted molar refractivity (Wildman–Crippen MR) is 101 cm³/mol. The zero-order chi connectivity index (χ0) is 17.7. The highest BCUT2D eigenvalue weighted by atomic mass is 16.7. The molecule has 0 spiro atoms. The molecule has 1 aliphatic rings. The number of benzene rings is 1. The average molecular weight is 348 g/mol. The van der Waals surface area contributed by atoms with Crippen molar-refractivity contribution in [3.8, 4) is 11.5 Å². The molecule has 1 aliphatic heterocycles. The van der Waals surface area contributed by atoms with Crippen LogP contribution in [0.5, 0.6) is 11.5 Å². The molecule has 2 rings (SSSR count). The number of unbranched alkanes of at least 4 members (excludes halogenated alkanes) is 2. The van der Waals surface area contributed by atoms with Gasteiger partial charge in [0, 0.05) is 26.4 Å². The summed E-state index contributed by atoms with van der Waals surface area (Å²) in [5.74, 6) is 2.39. The number of hydrogen-bond donors (Lipinski definition) is 0. The lowest BCUT2D eigenvalue weighted by molar-refractivity contribution is 0.0973. The Morgan fingerprint density at radius 1 is 0.960 bits per heavy atom. The average Bonchev–Trinajstić information content (AvgIpc) is 3.06. The molecule has 0 radical (unpaired) electrons. The summed E-state index contributed by atoms with van der Waals surface area (Å²) in [5, 5.41) is 0. The summed E-state index contributed by atoms with van der Waals surface area (Å²) in [7, 11) is 0. The second kappa shape index (κ2) is 11.9. The van der Waals surface area contributed by atoms with Crippen LogP contribution in [0.25, 0.3) is 6.08 Å². The number of ether oxygens (including phenoxy) is 4. The van der Waals surface area contributed by atoms with Crippen LogP contribution in [-0.4, -0.2) is 33.2 Å². The van der Waals surface area contributed by atoms with E-state index in [1.54, 1.807) is 0 Å². The molecule has 0 aliphatic carbocycles. The third kappa shape index (κ3) is 8.41. The Hall–Kier alpha value is -1.52. The van der Waals surface area contributed by atoms with Gasteiger partial charge in [-0.2, -0.15) is 0 Å². The Balaban J connectivity index is 1.41. The van der Waals surface area contributed by atoms with E-state index in [0.29, 0.717) is 6.79 Å². The van der Waals surface area contributed by atoms with Crippen LogP contribution >= 0.6 is 0 Å². The van der Waals surface area contributed by atoms with Gasteiger partial charge in [-0.1, -0.05) is 32.1 Å². The van der Waals surface area contributed by atoms with Gasteiger partial charge in [-0.05, 0) is 55.7 Å². The summed E-state index contributed by atoms with van der Waals surface area (Å²) < 4.78 is 21.9. The van der Waals surface area contributed by atoms with Crippen LogP contribution in [0.15, 0.2) is 24.3 Å². The van der Waals surface area contributed by atoms with E-state index in [-0.39, 0.29) is 0 Å². The van der Waals surface area contributed by atoms with E-state index in [9.17, 15) is 0 Å². The molecule has 1 heterocycles. The maximum absolute atomic E-state index is 5.67. The normalized spacial score (nSPS) is 13.2. The van der Waals surface area contributed by atoms with Gasteiger partial charge in [0.1, 0.15) is 0 Å². The first-order valence-electron chi connectivity index (χ1n) is 9.47. The fourth-order valence-electron chi connectivity index (χ4n) is 2.47. The summed E-state index contributed by atoms with van der Waals surface area (Å²) in [6.07, 6.45) is 9.69. The highest BCUT2D eigenvalue weighted by Crippen LogP contribution is 2.32. The molecule has 0 atom stereocenters. The SMILES string of the molecule is CC(C)CCOCCCCOCCCC=Cc1ccc2c(c1)OCO2. The second-order valence-electron chi connectivity index (χ2n) is 6.77. The molecule has 1 aromatic rings. The van der Waals surface area contributed by atoms with Crippen molar-refractivity contribution in [1.29, 1.82) is 0 Å². The summed E-state index contributed by atoms with van der Waals surface area (Å²) in [6.45, 7) is 8.16. The van der Waals surface area contributed by atoms with Gasteiger partial charge in [-0.15, -0.1) is 0 Å². The van der Waals surface area contributed by atoms with Gasteiger partial charge < -0.3 is 18.9 Å². The van der Waals surface area contributed by atoms with E-state index in [0.717, 1.165) is 81.5 Å². The summed E-state index contributed by atoms with van der Waals surface area (Å²) in [6, 6.07) is 6.01. The molecule has 0 saturated heterocycles. The van der Waals surface area contributed by atoms with E-state index in [4.69, 9.17) is 18.9 Å². The van der Waals surface area contributed by atoms with Gasteiger partial charge in [0.05, 0.1) is 0 Å². The molecule has 0 fully saturated rings. The molecule has 0 N–H and O–H groups in total.